The average Bonchev–Trinajstić information content (AvgIpc) is 2.79. The number of benzene rings is 1. The second-order valence-electron chi connectivity index (χ2n) is 5.10. The van der Waals surface area contributed by atoms with Crippen LogP contribution in [0.3, 0.4) is 0 Å². The van der Waals surface area contributed by atoms with E-state index in [1.165, 1.54) is 0 Å². The minimum atomic E-state index is -0.947. The first-order valence-corrected chi connectivity index (χ1v) is 6.60. The summed E-state index contributed by atoms with van der Waals surface area (Å²) < 4.78 is 0. The zero-order chi connectivity index (χ0) is 13.2. The molecule has 1 fully saturated rings. The Labute approximate surface area is 107 Å². The van der Waals surface area contributed by atoms with Crippen molar-refractivity contribution in [1.82, 2.24) is 0 Å². The molecular weight excluding hydrogens is 228 g/mol. The Hall–Kier alpha value is -1.35. The molecular formula is C15H20O3. The van der Waals surface area contributed by atoms with Crippen molar-refractivity contribution in [3.63, 3.8) is 0 Å². The van der Waals surface area contributed by atoms with Crippen molar-refractivity contribution in [2.24, 2.45) is 5.92 Å². The van der Waals surface area contributed by atoms with Gasteiger partial charge in [-0.15, -0.1) is 0 Å². The van der Waals surface area contributed by atoms with Crippen LogP contribution in [0, 0.1) is 5.92 Å². The van der Waals surface area contributed by atoms with E-state index in [-0.39, 0.29) is 5.92 Å². The molecule has 0 bridgehead atoms. The number of aliphatic hydroxyl groups is 1. The SMILES string of the molecule is CCC(C(=O)O)(c1ccccc1)C1CCCC1O. The third-order valence-electron chi connectivity index (χ3n) is 4.34. The number of aliphatic hydroxyl groups excluding tert-OH is 1. The summed E-state index contributed by atoms with van der Waals surface area (Å²) in [6, 6.07) is 9.34. The van der Waals surface area contributed by atoms with Gasteiger partial charge in [0.2, 0.25) is 0 Å². The predicted octanol–water partition coefficient (Wildman–Crippen LogP) is 2.58. The smallest absolute Gasteiger partial charge is 0.314 e. The monoisotopic (exact) mass is 248 g/mol. The van der Waals surface area contributed by atoms with Crippen LogP contribution in [0.1, 0.15) is 38.2 Å². The summed E-state index contributed by atoms with van der Waals surface area (Å²) in [6.45, 7) is 1.90. The second kappa shape index (κ2) is 5.11. The lowest BCUT2D eigenvalue weighted by atomic mass is 9.67. The summed E-state index contributed by atoms with van der Waals surface area (Å²) in [4.78, 5) is 11.9. The van der Waals surface area contributed by atoms with Gasteiger partial charge in [0.15, 0.2) is 0 Å². The molecule has 3 atom stereocenters. The summed E-state index contributed by atoms with van der Waals surface area (Å²) in [5.74, 6) is -0.996. The van der Waals surface area contributed by atoms with Crippen LogP contribution in [0.2, 0.25) is 0 Å². The van der Waals surface area contributed by atoms with Gasteiger partial charge in [-0.25, -0.2) is 0 Å². The third-order valence-corrected chi connectivity index (χ3v) is 4.34. The molecule has 1 aromatic rings. The van der Waals surface area contributed by atoms with Crippen LogP contribution in [-0.2, 0) is 10.2 Å². The van der Waals surface area contributed by atoms with Crippen LogP contribution in [0.25, 0.3) is 0 Å². The second-order valence-corrected chi connectivity index (χ2v) is 5.10. The Balaban J connectivity index is 2.49. The molecule has 1 aromatic carbocycles. The lowest BCUT2D eigenvalue weighted by molar-refractivity contribution is -0.148. The van der Waals surface area contributed by atoms with E-state index in [1.54, 1.807) is 0 Å². The summed E-state index contributed by atoms with van der Waals surface area (Å²) in [5, 5.41) is 19.8. The number of hydrogen-bond donors (Lipinski definition) is 2. The van der Waals surface area contributed by atoms with E-state index in [1.807, 2.05) is 37.3 Å². The van der Waals surface area contributed by atoms with Gasteiger partial charge < -0.3 is 10.2 Å². The van der Waals surface area contributed by atoms with Crippen LogP contribution < -0.4 is 0 Å². The molecule has 18 heavy (non-hydrogen) atoms. The first kappa shape index (κ1) is 13.1. The van der Waals surface area contributed by atoms with E-state index in [0.29, 0.717) is 12.8 Å². The van der Waals surface area contributed by atoms with Crippen LogP contribution in [0.5, 0.6) is 0 Å². The van der Waals surface area contributed by atoms with Gasteiger partial charge in [-0.2, -0.15) is 0 Å². The number of carboxylic acids is 1. The van der Waals surface area contributed by atoms with Crippen molar-refractivity contribution < 1.29 is 15.0 Å². The van der Waals surface area contributed by atoms with Crippen molar-refractivity contribution in [2.75, 3.05) is 0 Å². The molecule has 0 aliphatic heterocycles. The van der Waals surface area contributed by atoms with Crippen molar-refractivity contribution in [3.8, 4) is 0 Å². The first-order chi connectivity index (χ1) is 8.63. The Kier molecular flexibility index (Phi) is 3.71. The normalized spacial score (nSPS) is 26.8. The number of rotatable bonds is 4. The summed E-state index contributed by atoms with van der Waals surface area (Å²) in [5.41, 5.74) is -0.136. The lowest BCUT2D eigenvalue weighted by Crippen LogP contribution is -2.45. The van der Waals surface area contributed by atoms with Crippen LogP contribution in [0.15, 0.2) is 30.3 Å². The molecule has 0 saturated heterocycles. The largest absolute Gasteiger partial charge is 0.481 e. The maximum absolute atomic E-state index is 11.9. The molecule has 1 aliphatic rings. The molecule has 98 valence electrons. The Morgan fingerprint density at radius 3 is 2.44 bits per heavy atom. The molecule has 1 aliphatic carbocycles. The number of aliphatic carboxylic acids is 1. The van der Waals surface area contributed by atoms with Crippen molar-refractivity contribution in [3.05, 3.63) is 35.9 Å². The van der Waals surface area contributed by atoms with Crippen LogP contribution in [-0.4, -0.2) is 22.3 Å². The highest BCUT2D eigenvalue weighted by molar-refractivity contribution is 5.82. The molecule has 0 radical (unpaired) electrons. The quantitative estimate of drug-likeness (QED) is 0.861. The Morgan fingerprint density at radius 1 is 1.33 bits per heavy atom. The summed E-state index contributed by atoms with van der Waals surface area (Å²) in [7, 11) is 0. The van der Waals surface area contributed by atoms with Gasteiger partial charge >= 0.3 is 5.97 Å². The van der Waals surface area contributed by atoms with Gasteiger partial charge in [0.1, 0.15) is 0 Å². The van der Waals surface area contributed by atoms with Gasteiger partial charge in [-0.1, -0.05) is 43.7 Å². The van der Waals surface area contributed by atoms with Crippen molar-refractivity contribution >= 4 is 5.97 Å². The zero-order valence-corrected chi connectivity index (χ0v) is 10.7. The molecule has 0 amide bonds. The fourth-order valence-electron chi connectivity index (χ4n) is 3.36. The third kappa shape index (κ3) is 1.93. The molecule has 3 nitrogen and oxygen atoms in total. The number of hydrogen-bond acceptors (Lipinski definition) is 2. The van der Waals surface area contributed by atoms with E-state index >= 15 is 0 Å². The predicted molar refractivity (Wildman–Crippen MR) is 69.4 cm³/mol. The molecule has 3 unspecified atom stereocenters. The van der Waals surface area contributed by atoms with Crippen LogP contribution >= 0.6 is 0 Å². The number of carbonyl (C=O) groups is 1. The maximum Gasteiger partial charge on any atom is 0.314 e. The number of carboxylic acid groups (broad SMARTS) is 1. The zero-order valence-electron chi connectivity index (χ0n) is 10.7. The maximum atomic E-state index is 11.9. The molecule has 0 heterocycles. The highest BCUT2D eigenvalue weighted by Gasteiger charge is 2.50. The van der Waals surface area contributed by atoms with Gasteiger partial charge in [0.05, 0.1) is 11.5 Å². The fourth-order valence-corrected chi connectivity index (χ4v) is 3.36. The molecule has 0 aromatic heterocycles. The van der Waals surface area contributed by atoms with E-state index in [2.05, 4.69) is 0 Å². The van der Waals surface area contributed by atoms with Crippen LogP contribution in [0.4, 0.5) is 0 Å². The van der Waals surface area contributed by atoms with Gasteiger partial charge in [-0.05, 0) is 24.8 Å². The van der Waals surface area contributed by atoms with Gasteiger partial charge in [0, 0.05) is 5.92 Å². The van der Waals surface area contributed by atoms with Gasteiger partial charge in [-0.3, -0.25) is 4.79 Å². The summed E-state index contributed by atoms with van der Waals surface area (Å²) in [6.07, 6.45) is 2.42. The topological polar surface area (TPSA) is 57.5 Å². The molecule has 0 spiro atoms. The minimum Gasteiger partial charge on any atom is -0.481 e. The Morgan fingerprint density at radius 2 is 2.00 bits per heavy atom. The lowest BCUT2D eigenvalue weighted by Gasteiger charge is -2.36. The van der Waals surface area contributed by atoms with E-state index in [4.69, 9.17) is 0 Å². The molecule has 3 heteroatoms. The molecule has 1 saturated carbocycles. The summed E-state index contributed by atoms with van der Waals surface area (Å²) >= 11 is 0. The standard InChI is InChI=1S/C15H20O3/c1-2-15(14(17)18,11-7-4-3-5-8-11)12-9-6-10-13(12)16/h3-5,7-8,12-13,16H,2,6,9-10H2,1H3,(H,17,18). The average molecular weight is 248 g/mol. The Bertz CT molecular complexity index is 415. The van der Waals surface area contributed by atoms with Crippen molar-refractivity contribution in [2.45, 2.75) is 44.1 Å². The van der Waals surface area contributed by atoms with Crippen molar-refractivity contribution in [1.29, 1.82) is 0 Å². The minimum absolute atomic E-state index is 0.178. The van der Waals surface area contributed by atoms with Gasteiger partial charge in [0.25, 0.3) is 0 Å². The first-order valence-electron chi connectivity index (χ1n) is 6.60. The fraction of sp³-hybridized carbons (Fsp3) is 0.533. The van der Waals surface area contributed by atoms with E-state index < -0.39 is 17.5 Å². The molecule has 2 rings (SSSR count). The van der Waals surface area contributed by atoms with E-state index in [9.17, 15) is 15.0 Å². The highest BCUT2D eigenvalue weighted by Crippen LogP contribution is 2.45. The van der Waals surface area contributed by atoms with E-state index in [0.717, 1.165) is 18.4 Å². The molecule has 2 N–H and O–H groups in total. The highest BCUT2D eigenvalue weighted by atomic mass is 16.4.